The maximum atomic E-state index is 14.1. The van der Waals surface area contributed by atoms with Crippen molar-refractivity contribution in [2.75, 3.05) is 0 Å². The number of carbonyl (C=O) groups is 1. The van der Waals surface area contributed by atoms with Gasteiger partial charge < -0.3 is 10.0 Å². The first-order valence-corrected chi connectivity index (χ1v) is 9.25. The Morgan fingerprint density at radius 2 is 1.83 bits per heavy atom. The molecule has 0 bridgehead atoms. The molecule has 1 aliphatic heterocycles. The first-order valence-electron chi connectivity index (χ1n) is 9.25. The van der Waals surface area contributed by atoms with Gasteiger partial charge in [0.2, 0.25) is 0 Å². The van der Waals surface area contributed by atoms with E-state index < -0.39 is 11.6 Å². The lowest BCUT2D eigenvalue weighted by molar-refractivity contribution is 0.0585. The van der Waals surface area contributed by atoms with Crippen molar-refractivity contribution in [3.8, 4) is 5.75 Å². The van der Waals surface area contributed by atoms with Gasteiger partial charge in [0.1, 0.15) is 0 Å². The molecule has 24 heavy (non-hydrogen) atoms. The van der Waals surface area contributed by atoms with Gasteiger partial charge in [0, 0.05) is 12.6 Å². The third kappa shape index (κ3) is 2.91. The fourth-order valence-corrected chi connectivity index (χ4v) is 4.48. The average Bonchev–Trinajstić information content (AvgIpc) is 2.94. The maximum Gasteiger partial charge on any atom is 0.257 e. The van der Waals surface area contributed by atoms with Crippen molar-refractivity contribution >= 4 is 5.91 Å². The highest BCUT2D eigenvalue weighted by atomic mass is 19.1. The lowest BCUT2D eigenvalue weighted by Crippen LogP contribution is -2.40. The first kappa shape index (κ1) is 17.2. The highest BCUT2D eigenvalue weighted by Gasteiger charge is 2.38. The molecule has 2 atom stereocenters. The number of amides is 1. The predicted octanol–water partition coefficient (Wildman–Crippen LogP) is 4.73. The zero-order chi connectivity index (χ0) is 17.4. The minimum Gasteiger partial charge on any atom is -0.505 e. The number of benzene rings is 1. The van der Waals surface area contributed by atoms with Crippen LogP contribution in [0.4, 0.5) is 4.39 Å². The predicted molar refractivity (Wildman–Crippen MR) is 92.3 cm³/mol. The summed E-state index contributed by atoms with van der Waals surface area (Å²) in [6.45, 7) is 7.14. The van der Waals surface area contributed by atoms with Crippen LogP contribution in [0.2, 0.25) is 0 Å². The molecule has 2 aliphatic rings. The Bertz CT molecular complexity index is 622. The molecule has 1 aliphatic carbocycles. The Hall–Kier alpha value is -1.58. The third-order valence-electron chi connectivity index (χ3n) is 6.46. The molecule has 0 radical (unpaired) electrons. The normalized spacial score (nSPS) is 26.3. The van der Waals surface area contributed by atoms with Crippen molar-refractivity contribution in [3.05, 3.63) is 29.1 Å². The number of phenols is 1. The van der Waals surface area contributed by atoms with Crippen LogP contribution in [-0.4, -0.2) is 22.0 Å². The summed E-state index contributed by atoms with van der Waals surface area (Å²) in [4.78, 5) is 14.4. The molecule has 0 aromatic heterocycles. The standard InChI is InChI=1S/C20H28FNO2/c1-4-12(2)14-5-7-15(8-6-14)13(3)22-11-16-9-10-17(23)19(21)18(16)20(22)24/h9-10,12-15,23H,4-8,11H2,1-3H3. The van der Waals surface area contributed by atoms with Crippen molar-refractivity contribution in [1.29, 1.82) is 0 Å². The topological polar surface area (TPSA) is 40.5 Å². The fraction of sp³-hybridized carbons (Fsp3) is 0.650. The highest BCUT2D eigenvalue weighted by molar-refractivity contribution is 5.99. The van der Waals surface area contributed by atoms with Gasteiger partial charge in [-0.05, 0) is 62.0 Å². The molecule has 2 unspecified atom stereocenters. The molecule has 1 amide bonds. The van der Waals surface area contributed by atoms with Crippen molar-refractivity contribution < 1.29 is 14.3 Å². The first-order chi connectivity index (χ1) is 11.4. The van der Waals surface area contributed by atoms with Crippen LogP contribution >= 0.6 is 0 Å². The van der Waals surface area contributed by atoms with Gasteiger partial charge in [-0.2, -0.15) is 0 Å². The molecule has 1 aromatic rings. The van der Waals surface area contributed by atoms with E-state index in [0.717, 1.165) is 24.7 Å². The number of phenolic OH excluding ortho intramolecular Hbond substituents is 1. The van der Waals surface area contributed by atoms with Crippen molar-refractivity contribution in [2.24, 2.45) is 17.8 Å². The summed E-state index contributed by atoms with van der Waals surface area (Å²) in [5.74, 6) is 0.587. The lowest BCUT2D eigenvalue weighted by atomic mass is 9.73. The third-order valence-corrected chi connectivity index (χ3v) is 6.46. The summed E-state index contributed by atoms with van der Waals surface area (Å²) in [7, 11) is 0. The Kier molecular flexibility index (Phi) is 4.84. The molecule has 1 fully saturated rings. The SMILES string of the molecule is CCC(C)C1CCC(C(C)N2Cc3ccc(O)c(F)c3C2=O)CC1. The minimum atomic E-state index is -0.771. The molecule has 1 saturated carbocycles. The second-order valence-corrected chi connectivity index (χ2v) is 7.67. The summed E-state index contributed by atoms with van der Waals surface area (Å²) in [6.07, 6.45) is 5.98. The van der Waals surface area contributed by atoms with Crippen LogP contribution < -0.4 is 0 Å². The van der Waals surface area contributed by atoms with E-state index in [1.54, 1.807) is 11.0 Å². The number of fused-ring (bicyclic) bond motifs is 1. The maximum absolute atomic E-state index is 14.1. The van der Waals surface area contributed by atoms with E-state index in [1.807, 2.05) is 0 Å². The van der Waals surface area contributed by atoms with Crippen molar-refractivity contribution in [2.45, 2.75) is 65.5 Å². The van der Waals surface area contributed by atoms with E-state index >= 15 is 0 Å². The number of rotatable bonds is 4. The van der Waals surface area contributed by atoms with Gasteiger partial charge in [-0.1, -0.05) is 26.3 Å². The minimum absolute atomic E-state index is 0.0649. The number of hydrogen-bond acceptors (Lipinski definition) is 2. The zero-order valence-corrected chi connectivity index (χ0v) is 14.9. The van der Waals surface area contributed by atoms with E-state index in [4.69, 9.17) is 0 Å². The Morgan fingerprint density at radius 3 is 2.46 bits per heavy atom. The second kappa shape index (κ2) is 6.73. The summed E-state index contributed by atoms with van der Waals surface area (Å²) < 4.78 is 14.1. The van der Waals surface area contributed by atoms with E-state index in [2.05, 4.69) is 20.8 Å². The summed E-state index contributed by atoms with van der Waals surface area (Å²) in [5.41, 5.74) is 0.755. The molecule has 3 nitrogen and oxygen atoms in total. The molecule has 132 valence electrons. The Balaban J connectivity index is 1.68. The molecule has 1 heterocycles. The Labute approximate surface area is 143 Å². The van der Waals surface area contributed by atoms with Crippen LogP contribution in [0.5, 0.6) is 5.75 Å². The quantitative estimate of drug-likeness (QED) is 0.865. The Morgan fingerprint density at radius 1 is 1.21 bits per heavy atom. The molecule has 1 aromatic carbocycles. The lowest BCUT2D eigenvalue weighted by Gasteiger charge is -2.38. The van der Waals surface area contributed by atoms with Gasteiger partial charge in [-0.3, -0.25) is 4.79 Å². The van der Waals surface area contributed by atoms with Gasteiger partial charge in [0.05, 0.1) is 5.56 Å². The number of carbonyl (C=O) groups excluding carboxylic acids is 1. The van der Waals surface area contributed by atoms with E-state index in [-0.39, 0.29) is 17.5 Å². The molecule has 3 rings (SSSR count). The largest absolute Gasteiger partial charge is 0.505 e. The summed E-state index contributed by atoms with van der Waals surface area (Å²) >= 11 is 0. The summed E-state index contributed by atoms with van der Waals surface area (Å²) in [6, 6.07) is 3.12. The van der Waals surface area contributed by atoms with Crippen molar-refractivity contribution in [1.82, 2.24) is 4.90 Å². The molecule has 0 spiro atoms. The van der Waals surface area contributed by atoms with Crippen LogP contribution in [0, 0.1) is 23.6 Å². The second-order valence-electron chi connectivity index (χ2n) is 7.67. The van der Waals surface area contributed by atoms with Gasteiger partial charge in [0.25, 0.3) is 5.91 Å². The van der Waals surface area contributed by atoms with Crippen LogP contribution in [-0.2, 0) is 6.54 Å². The number of halogens is 1. The van der Waals surface area contributed by atoms with Gasteiger partial charge >= 0.3 is 0 Å². The van der Waals surface area contributed by atoms with Crippen LogP contribution in [0.25, 0.3) is 0 Å². The fourth-order valence-electron chi connectivity index (χ4n) is 4.48. The number of nitrogens with zero attached hydrogens (tertiary/aromatic N) is 1. The number of hydrogen-bond donors (Lipinski definition) is 1. The average molecular weight is 333 g/mol. The van der Waals surface area contributed by atoms with Gasteiger partial charge in [0.15, 0.2) is 11.6 Å². The van der Waals surface area contributed by atoms with E-state index in [9.17, 15) is 14.3 Å². The molecular weight excluding hydrogens is 305 g/mol. The molecule has 0 saturated heterocycles. The number of aromatic hydroxyl groups is 1. The van der Waals surface area contributed by atoms with Crippen LogP contribution in [0.1, 0.15) is 68.8 Å². The van der Waals surface area contributed by atoms with Gasteiger partial charge in [-0.15, -0.1) is 0 Å². The molecule has 1 N–H and O–H groups in total. The summed E-state index contributed by atoms with van der Waals surface area (Å²) in [5, 5.41) is 9.53. The molecule has 4 heteroatoms. The molecular formula is C20H28FNO2. The zero-order valence-electron chi connectivity index (χ0n) is 14.9. The van der Waals surface area contributed by atoms with Crippen molar-refractivity contribution in [3.63, 3.8) is 0 Å². The smallest absolute Gasteiger partial charge is 0.257 e. The van der Waals surface area contributed by atoms with E-state index in [0.29, 0.717) is 18.0 Å². The van der Waals surface area contributed by atoms with Gasteiger partial charge in [-0.25, -0.2) is 4.39 Å². The highest BCUT2D eigenvalue weighted by Crippen LogP contribution is 2.39. The van der Waals surface area contributed by atoms with Crippen LogP contribution in [0.3, 0.4) is 0 Å². The van der Waals surface area contributed by atoms with E-state index in [1.165, 1.54) is 25.3 Å². The van der Waals surface area contributed by atoms with Crippen LogP contribution in [0.15, 0.2) is 12.1 Å². The monoisotopic (exact) mass is 333 g/mol.